The van der Waals surface area contributed by atoms with Gasteiger partial charge in [-0.05, 0) is 5.56 Å². The predicted octanol–water partition coefficient (Wildman–Crippen LogP) is 2.78. The Morgan fingerprint density at radius 3 is 2.54 bits per heavy atom. The zero-order valence-electron chi connectivity index (χ0n) is 6.94. The number of carbonyl (C=O) groups excluding carboxylic acids is 1. The van der Waals surface area contributed by atoms with Crippen LogP contribution in [0.5, 0.6) is 0 Å². The lowest BCUT2D eigenvalue weighted by atomic mass is 10.2. The van der Waals surface area contributed by atoms with E-state index in [1.165, 1.54) is 0 Å². The van der Waals surface area contributed by atoms with E-state index in [0.717, 1.165) is 17.3 Å². The standard InChI is InChI=1S/C9H10ClNOS/c10-6-8(13-9(11)12)7-4-2-1-3-5-7/h1-5,8H,6H2,(H2,11,12). The molecule has 1 unspecified atom stereocenters. The molecule has 70 valence electrons. The maximum absolute atomic E-state index is 10.7. The molecule has 1 aromatic carbocycles. The summed E-state index contributed by atoms with van der Waals surface area (Å²) in [5.74, 6) is 0.387. The Hall–Kier alpha value is -0.670. The first-order chi connectivity index (χ1) is 6.24. The molecule has 13 heavy (non-hydrogen) atoms. The van der Waals surface area contributed by atoms with Crippen molar-refractivity contribution in [2.45, 2.75) is 5.25 Å². The second kappa shape index (κ2) is 5.14. The Balaban J connectivity index is 2.73. The molecular formula is C9H10ClNOS. The van der Waals surface area contributed by atoms with Gasteiger partial charge in [-0.15, -0.1) is 11.6 Å². The fourth-order valence-electron chi connectivity index (χ4n) is 0.997. The normalized spacial score (nSPS) is 12.4. The van der Waals surface area contributed by atoms with Crippen LogP contribution in [-0.2, 0) is 0 Å². The van der Waals surface area contributed by atoms with E-state index in [4.69, 9.17) is 17.3 Å². The summed E-state index contributed by atoms with van der Waals surface area (Å²) in [5.41, 5.74) is 6.10. The minimum absolute atomic E-state index is 0.0413. The largest absolute Gasteiger partial charge is 0.360 e. The van der Waals surface area contributed by atoms with E-state index in [1.807, 2.05) is 30.3 Å². The Kier molecular flexibility index (Phi) is 4.12. The molecule has 0 saturated carbocycles. The van der Waals surface area contributed by atoms with E-state index >= 15 is 0 Å². The lowest BCUT2D eigenvalue weighted by Gasteiger charge is -2.10. The molecule has 2 N–H and O–H groups in total. The van der Waals surface area contributed by atoms with E-state index in [2.05, 4.69) is 0 Å². The van der Waals surface area contributed by atoms with Crippen LogP contribution < -0.4 is 5.73 Å². The third kappa shape index (κ3) is 3.28. The first-order valence-electron chi connectivity index (χ1n) is 3.81. The van der Waals surface area contributed by atoms with Gasteiger partial charge in [0.15, 0.2) is 0 Å². The smallest absolute Gasteiger partial charge is 0.277 e. The van der Waals surface area contributed by atoms with Gasteiger partial charge in [-0.1, -0.05) is 42.1 Å². The number of benzene rings is 1. The number of carbonyl (C=O) groups is 1. The topological polar surface area (TPSA) is 43.1 Å². The van der Waals surface area contributed by atoms with Crippen LogP contribution in [0.4, 0.5) is 4.79 Å². The SMILES string of the molecule is NC(=O)SC(CCl)c1ccccc1. The summed E-state index contributed by atoms with van der Waals surface area (Å²) >= 11 is 6.78. The summed E-state index contributed by atoms with van der Waals surface area (Å²) in [6, 6.07) is 9.61. The van der Waals surface area contributed by atoms with Gasteiger partial charge in [0, 0.05) is 5.88 Å². The molecule has 0 aliphatic rings. The van der Waals surface area contributed by atoms with Gasteiger partial charge in [0.25, 0.3) is 5.24 Å². The number of rotatable bonds is 3. The van der Waals surface area contributed by atoms with Gasteiger partial charge in [-0.25, -0.2) is 0 Å². The third-order valence-corrected chi connectivity index (χ3v) is 3.02. The van der Waals surface area contributed by atoms with E-state index in [9.17, 15) is 4.79 Å². The molecule has 0 saturated heterocycles. The van der Waals surface area contributed by atoms with Crippen molar-refractivity contribution in [3.05, 3.63) is 35.9 Å². The summed E-state index contributed by atoms with van der Waals surface area (Å²) < 4.78 is 0. The number of hydrogen-bond donors (Lipinski definition) is 1. The number of primary amides is 1. The van der Waals surface area contributed by atoms with E-state index in [-0.39, 0.29) is 5.25 Å². The molecule has 1 rings (SSSR count). The highest BCUT2D eigenvalue weighted by molar-refractivity contribution is 8.13. The number of amides is 1. The molecule has 0 heterocycles. The summed E-state index contributed by atoms with van der Waals surface area (Å²) in [6.45, 7) is 0. The summed E-state index contributed by atoms with van der Waals surface area (Å²) in [7, 11) is 0. The average molecular weight is 216 g/mol. The zero-order valence-corrected chi connectivity index (χ0v) is 8.52. The summed E-state index contributed by atoms with van der Waals surface area (Å²) in [5, 5.41) is -0.435. The Morgan fingerprint density at radius 2 is 2.08 bits per heavy atom. The molecule has 0 radical (unpaired) electrons. The van der Waals surface area contributed by atoms with Gasteiger partial charge in [-0.2, -0.15) is 0 Å². The summed E-state index contributed by atoms with van der Waals surface area (Å²) in [6.07, 6.45) is 0. The van der Waals surface area contributed by atoms with Gasteiger partial charge < -0.3 is 5.73 Å². The Morgan fingerprint density at radius 1 is 1.46 bits per heavy atom. The van der Waals surface area contributed by atoms with Crippen LogP contribution in [0.15, 0.2) is 30.3 Å². The minimum atomic E-state index is -0.394. The highest BCUT2D eigenvalue weighted by Gasteiger charge is 2.12. The van der Waals surface area contributed by atoms with E-state index < -0.39 is 5.24 Å². The number of halogens is 1. The first kappa shape index (κ1) is 10.4. The third-order valence-electron chi connectivity index (χ3n) is 1.57. The van der Waals surface area contributed by atoms with Crippen molar-refractivity contribution in [3.8, 4) is 0 Å². The van der Waals surface area contributed by atoms with Crippen LogP contribution in [-0.4, -0.2) is 11.1 Å². The molecule has 0 aliphatic heterocycles. The fourth-order valence-corrected chi connectivity index (χ4v) is 2.00. The van der Waals surface area contributed by atoms with Crippen molar-refractivity contribution in [2.75, 3.05) is 5.88 Å². The van der Waals surface area contributed by atoms with Crippen molar-refractivity contribution < 1.29 is 4.79 Å². The van der Waals surface area contributed by atoms with Crippen molar-refractivity contribution in [3.63, 3.8) is 0 Å². The van der Waals surface area contributed by atoms with Gasteiger partial charge >= 0.3 is 0 Å². The Labute approximate surface area is 86.5 Å². The predicted molar refractivity (Wildman–Crippen MR) is 57.1 cm³/mol. The first-order valence-corrected chi connectivity index (χ1v) is 5.22. The summed E-state index contributed by atoms with van der Waals surface area (Å²) in [4.78, 5) is 10.7. The molecule has 1 amide bonds. The van der Waals surface area contributed by atoms with Crippen LogP contribution in [0.3, 0.4) is 0 Å². The second-order valence-corrected chi connectivity index (χ2v) is 4.01. The number of thioether (sulfide) groups is 1. The highest BCUT2D eigenvalue weighted by atomic mass is 35.5. The maximum atomic E-state index is 10.7. The van der Waals surface area contributed by atoms with Crippen molar-refractivity contribution in [1.82, 2.24) is 0 Å². The lowest BCUT2D eigenvalue weighted by molar-refractivity contribution is 0.267. The average Bonchev–Trinajstić information content (AvgIpc) is 2.15. The van der Waals surface area contributed by atoms with Crippen molar-refractivity contribution in [1.29, 1.82) is 0 Å². The molecule has 0 aliphatic carbocycles. The van der Waals surface area contributed by atoms with Crippen molar-refractivity contribution in [2.24, 2.45) is 5.73 Å². The second-order valence-electron chi connectivity index (χ2n) is 2.49. The van der Waals surface area contributed by atoms with Gasteiger partial charge in [0.1, 0.15) is 0 Å². The molecule has 0 fully saturated rings. The van der Waals surface area contributed by atoms with Gasteiger partial charge in [0.2, 0.25) is 0 Å². The number of hydrogen-bond acceptors (Lipinski definition) is 2. The number of alkyl halides is 1. The zero-order chi connectivity index (χ0) is 9.68. The molecule has 2 nitrogen and oxygen atoms in total. The molecule has 0 aromatic heterocycles. The number of nitrogens with two attached hydrogens (primary N) is 1. The molecule has 4 heteroatoms. The molecule has 1 aromatic rings. The monoisotopic (exact) mass is 215 g/mol. The van der Waals surface area contributed by atoms with Crippen LogP contribution in [0.1, 0.15) is 10.8 Å². The minimum Gasteiger partial charge on any atom is -0.360 e. The van der Waals surface area contributed by atoms with Crippen LogP contribution in [0.25, 0.3) is 0 Å². The van der Waals surface area contributed by atoms with E-state index in [0.29, 0.717) is 5.88 Å². The van der Waals surface area contributed by atoms with Crippen LogP contribution in [0, 0.1) is 0 Å². The van der Waals surface area contributed by atoms with E-state index in [1.54, 1.807) is 0 Å². The molecular weight excluding hydrogens is 206 g/mol. The molecule has 1 atom stereocenters. The molecule has 0 spiro atoms. The maximum Gasteiger partial charge on any atom is 0.277 e. The Bertz CT molecular complexity index is 278. The van der Waals surface area contributed by atoms with Crippen LogP contribution >= 0.6 is 23.4 Å². The van der Waals surface area contributed by atoms with Crippen molar-refractivity contribution >= 4 is 28.6 Å². The molecule has 0 bridgehead atoms. The lowest BCUT2D eigenvalue weighted by Crippen LogP contribution is -2.07. The fraction of sp³-hybridized carbons (Fsp3) is 0.222. The van der Waals surface area contributed by atoms with Gasteiger partial charge in [-0.3, -0.25) is 4.79 Å². The highest BCUT2D eigenvalue weighted by Crippen LogP contribution is 2.29. The quantitative estimate of drug-likeness (QED) is 0.788. The van der Waals surface area contributed by atoms with Crippen LogP contribution in [0.2, 0.25) is 0 Å². The van der Waals surface area contributed by atoms with Gasteiger partial charge in [0.05, 0.1) is 5.25 Å².